The van der Waals surface area contributed by atoms with Gasteiger partial charge >= 0.3 is 0 Å². The van der Waals surface area contributed by atoms with Crippen LogP contribution in [0.15, 0.2) is 0 Å². The summed E-state index contributed by atoms with van der Waals surface area (Å²) >= 11 is 0. The summed E-state index contributed by atoms with van der Waals surface area (Å²) in [6, 6.07) is 0. The summed E-state index contributed by atoms with van der Waals surface area (Å²) in [5.74, 6) is 2.00. The van der Waals surface area contributed by atoms with Gasteiger partial charge in [0.25, 0.3) is 0 Å². The third kappa shape index (κ3) is 4.86. The molecule has 0 aromatic carbocycles. The molecule has 16 heavy (non-hydrogen) atoms. The molecule has 0 unspecified atom stereocenters. The van der Waals surface area contributed by atoms with E-state index < -0.39 is 5.60 Å². The maximum atomic E-state index is 10.8. The van der Waals surface area contributed by atoms with Crippen LogP contribution in [0.25, 0.3) is 0 Å². The molecule has 0 atom stereocenters. The van der Waals surface area contributed by atoms with Crippen molar-refractivity contribution in [3.63, 3.8) is 0 Å². The van der Waals surface area contributed by atoms with Gasteiger partial charge in [0.05, 0.1) is 5.60 Å². The van der Waals surface area contributed by atoms with Crippen LogP contribution in [0.2, 0.25) is 0 Å². The van der Waals surface area contributed by atoms with Crippen LogP contribution in [-0.4, -0.2) is 10.7 Å². The molecule has 96 valence electrons. The molecular weight excluding hydrogens is 196 g/mol. The van der Waals surface area contributed by atoms with E-state index in [4.69, 9.17) is 0 Å². The Morgan fingerprint density at radius 1 is 1.00 bits per heavy atom. The molecule has 0 spiro atoms. The Labute approximate surface area is 102 Å². The summed E-state index contributed by atoms with van der Waals surface area (Å²) in [5.41, 5.74) is -0.392. The third-order valence-corrected chi connectivity index (χ3v) is 3.72. The predicted octanol–water partition coefficient (Wildman–Crippen LogP) is 4.39. The van der Waals surface area contributed by atoms with Crippen molar-refractivity contribution >= 4 is 0 Å². The van der Waals surface area contributed by atoms with Gasteiger partial charge in [-0.2, -0.15) is 0 Å². The lowest BCUT2D eigenvalue weighted by Crippen LogP contribution is -2.34. The Morgan fingerprint density at radius 3 is 1.81 bits per heavy atom. The minimum Gasteiger partial charge on any atom is -0.390 e. The van der Waals surface area contributed by atoms with E-state index in [-0.39, 0.29) is 0 Å². The number of aliphatic hydroxyl groups is 1. The Kier molecular flexibility index (Phi) is 5.30. The molecule has 0 amide bonds. The van der Waals surface area contributed by atoms with Crippen LogP contribution in [0.5, 0.6) is 0 Å². The second kappa shape index (κ2) is 6.05. The summed E-state index contributed by atoms with van der Waals surface area (Å²) in [7, 11) is 0. The first-order valence-electron chi connectivity index (χ1n) is 7.13. The Hall–Kier alpha value is -0.0400. The third-order valence-electron chi connectivity index (χ3n) is 3.72. The van der Waals surface area contributed by atoms with Crippen LogP contribution in [-0.2, 0) is 0 Å². The molecule has 0 aromatic rings. The molecule has 1 aliphatic rings. The van der Waals surface area contributed by atoms with Gasteiger partial charge in [-0.1, -0.05) is 53.4 Å². The van der Waals surface area contributed by atoms with Gasteiger partial charge in [0, 0.05) is 0 Å². The molecule has 0 aromatic heterocycles. The molecule has 0 aliphatic heterocycles. The van der Waals surface area contributed by atoms with Crippen LogP contribution in [0.4, 0.5) is 0 Å². The van der Waals surface area contributed by atoms with Crippen LogP contribution < -0.4 is 0 Å². The molecule has 1 saturated carbocycles. The van der Waals surface area contributed by atoms with E-state index in [0.717, 1.165) is 25.2 Å². The van der Waals surface area contributed by atoms with Gasteiger partial charge in [-0.05, 0) is 37.0 Å². The van der Waals surface area contributed by atoms with E-state index >= 15 is 0 Å². The van der Waals surface area contributed by atoms with Crippen LogP contribution in [0, 0.1) is 17.8 Å². The average molecular weight is 226 g/mol. The van der Waals surface area contributed by atoms with Crippen molar-refractivity contribution in [1.82, 2.24) is 0 Å². The van der Waals surface area contributed by atoms with Crippen LogP contribution in [0.3, 0.4) is 0 Å². The van der Waals surface area contributed by atoms with Gasteiger partial charge in [-0.25, -0.2) is 0 Å². The molecule has 1 aliphatic carbocycles. The van der Waals surface area contributed by atoms with Crippen molar-refractivity contribution in [3.05, 3.63) is 0 Å². The zero-order valence-corrected chi connectivity index (χ0v) is 11.6. The lowest BCUT2D eigenvalue weighted by molar-refractivity contribution is -0.0203. The molecule has 1 rings (SSSR count). The highest BCUT2D eigenvalue weighted by molar-refractivity contribution is 4.85. The molecule has 0 bridgehead atoms. The summed E-state index contributed by atoms with van der Waals surface area (Å²) in [6.45, 7) is 8.89. The minimum atomic E-state index is -0.392. The zero-order chi connectivity index (χ0) is 12.2. The molecule has 0 radical (unpaired) electrons. The fourth-order valence-electron chi connectivity index (χ4n) is 3.52. The number of rotatable bonds is 6. The summed E-state index contributed by atoms with van der Waals surface area (Å²) < 4.78 is 0. The van der Waals surface area contributed by atoms with Gasteiger partial charge in [-0.15, -0.1) is 0 Å². The van der Waals surface area contributed by atoms with E-state index in [0.29, 0.717) is 11.8 Å². The lowest BCUT2D eigenvalue weighted by atomic mass is 9.78. The predicted molar refractivity (Wildman–Crippen MR) is 70.4 cm³/mol. The Bertz CT molecular complexity index is 180. The zero-order valence-electron chi connectivity index (χ0n) is 11.6. The molecule has 1 heteroatoms. The van der Waals surface area contributed by atoms with Gasteiger partial charge in [0.2, 0.25) is 0 Å². The smallest absolute Gasteiger partial charge is 0.0655 e. The van der Waals surface area contributed by atoms with E-state index in [9.17, 15) is 5.11 Å². The van der Waals surface area contributed by atoms with Crippen molar-refractivity contribution in [3.8, 4) is 0 Å². The largest absolute Gasteiger partial charge is 0.390 e. The quantitative estimate of drug-likeness (QED) is 0.712. The molecule has 1 nitrogen and oxygen atoms in total. The highest BCUT2D eigenvalue weighted by Gasteiger charge is 2.32. The van der Waals surface area contributed by atoms with Gasteiger partial charge in [0.15, 0.2) is 0 Å². The van der Waals surface area contributed by atoms with Gasteiger partial charge in [-0.3, -0.25) is 0 Å². The molecular formula is C15H30O. The van der Waals surface area contributed by atoms with E-state index in [1.54, 1.807) is 0 Å². The second-order valence-corrected chi connectivity index (χ2v) is 6.77. The van der Waals surface area contributed by atoms with Crippen LogP contribution in [0.1, 0.15) is 72.6 Å². The number of hydrogen-bond donors (Lipinski definition) is 1. The lowest BCUT2D eigenvalue weighted by Gasteiger charge is -2.34. The highest BCUT2D eigenvalue weighted by atomic mass is 16.3. The first-order chi connectivity index (χ1) is 7.41. The van der Waals surface area contributed by atoms with Gasteiger partial charge in [0.1, 0.15) is 0 Å². The van der Waals surface area contributed by atoms with Gasteiger partial charge < -0.3 is 5.11 Å². The summed E-state index contributed by atoms with van der Waals surface area (Å²) in [4.78, 5) is 0. The first-order valence-corrected chi connectivity index (χ1v) is 7.13. The second-order valence-electron chi connectivity index (χ2n) is 6.77. The minimum absolute atomic E-state index is 0.392. The molecule has 0 saturated heterocycles. The standard InChI is InChI=1S/C15H30O/c1-12(2)9-15(16,10-13(3)4)11-14-7-5-6-8-14/h12-14,16H,5-11H2,1-4H3. The Balaban J connectivity index is 2.53. The maximum absolute atomic E-state index is 10.8. The van der Waals surface area contributed by atoms with Crippen molar-refractivity contribution in [1.29, 1.82) is 0 Å². The summed E-state index contributed by atoms with van der Waals surface area (Å²) in [6.07, 6.45) is 8.44. The number of hydrogen-bond acceptors (Lipinski definition) is 1. The maximum Gasteiger partial charge on any atom is 0.0655 e. The fraction of sp³-hybridized carbons (Fsp3) is 1.00. The molecule has 1 N–H and O–H groups in total. The normalized spacial score (nSPS) is 18.9. The molecule has 1 fully saturated rings. The molecule has 0 heterocycles. The van der Waals surface area contributed by atoms with E-state index in [1.165, 1.54) is 25.7 Å². The van der Waals surface area contributed by atoms with E-state index in [1.807, 2.05) is 0 Å². The fourth-order valence-corrected chi connectivity index (χ4v) is 3.52. The van der Waals surface area contributed by atoms with Crippen molar-refractivity contribution in [2.75, 3.05) is 0 Å². The van der Waals surface area contributed by atoms with Crippen molar-refractivity contribution in [2.45, 2.75) is 78.2 Å². The highest BCUT2D eigenvalue weighted by Crippen LogP contribution is 2.37. The Morgan fingerprint density at radius 2 is 1.44 bits per heavy atom. The van der Waals surface area contributed by atoms with Crippen molar-refractivity contribution in [2.24, 2.45) is 17.8 Å². The van der Waals surface area contributed by atoms with Crippen molar-refractivity contribution < 1.29 is 5.11 Å². The first kappa shape index (κ1) is 14.0. The SMILES string of the molecule is CC(C)CC(O)(CC(C)C)CC1CCCC1. The average Bonchev–Trinajstić information content (AvgIpc) is 2.51. The summed E-state index contributed by atoms with van der Waals surface area (Å²) in [5, 5.41) is 10.8. The monoisotopic (exact) mass is 226 g/mol. The van der Waals surface area contributed by atoms with E-state index in [2.05, 4.69) is 27.7 Å². The topological polar surface area (TPSA) is 20.2 Å². The van der Waals surface area contributed by atoms with Crippen LogP contribution >= 0.6 is 0 Å².